The smallest absolute Gasteiger partial charge is 0.126 e. The topological polar surface area (TPSA) is 40.5 Å². The Kier molecular flexibility index (Phi) is 3.61. The molecule has 3 heteroatoms. The van der Waals surface area contributed by atoms with Gasteiger partial charge in [-0.05, 0) is 30.5 Å². The van der Waals surface area contributed by atoms with E-state index < -0.39 is 12.2 Å². The van der Waals surface area contributed by atoms with Crippen LogP contribution in [0.25, 0.3) is 0 Å². The van der Waals surface area contributed by atoms with Crippen molar-refractivity contribution in [1.29, 1.82) is 0 Å². The van der Waals surface area contributed by atoms with Crippen molar-refractivity contribution in [2.24, 2.45) is 0 Å². The van der Waals surface area contributed by atoms with E-state index in [1.807, 2.05) is 0 Å². The Labute approximate surface area is 83.0 Å². The van der Waals surface area contributed by atoms with Crippen LogP contribution in [0.2, 0.25) is 0 Å². The zero-order valence-corrected chi connectivity index (χ0v) is 8.37. The summed E-state index contributed by atoms with van der Waals surface area (Å²) < 4.78 is 12.9. The summed E-state index contributed by atoms with van der Waals surface area (Å²) in [5.41, 5.74) is 1.03. The average molecular weight is 198 g/mol. The molecule has 0 spiro atoms. The van der Waals surface area contributed by atoms with Crippen molar-refractivity contribution < 1.29 is 14.6 Å². The zero-order valence-electron chi connectivity index (χ0n) is 8.37. The maximum atomic E-state index is 12.9. The molecule has 2 atom stereocenters. The van der Waals surface area contributed by atoms with Crippen molar-refractivity contribution >= 4 is 0 Å². The fourth-order valence-corrected chi connectivity index (χ4v) is 1.30. The molecular formula is C11H15FO2. The summed E-state index contributed by atoms with van der Waals surface area (Å²) in [5, 5.41) is 19.0. The van der Waals surface area contributed by atoms with E-state index in [1.54, 1.807) is 19.9 Å². The van der Waals surface area contributed by atoms with Crippen molar-refractivity contribution in [3.05, 3.63) is 35.1 Å². The van der Waals surface area contributed by atoms with Gasteiger partial charge in [0.05, 0.1) is 6.10 Å². The normalized spacial score (nSPS) is 15.2. The third-order valence-corrected chi connectivity index (χ3v) is 2.31. The van der Waals surface area contributed by atoms with E-state index in [1.165, 1.54) is 12.1 Å². The van der Waals surface area contributed by atoms with Crippen LogP contribution in [0.15, 0.2) is 18.2 Å². The summed E-state index contributed by atoms with van der Waals surface area (Å²) in [6.07, 6.45) is -1.25. The Morgan fingerprint density at radius 1 is 1.36 bits per heavy atom. The van der Waals surface area contributed by atoms with Crippen molar-refractivity contribution in [2.45, 2.75) is 32.5 Å². The van der Waals surface area contributed by atoms with Crippen molar-refractivity contribution in [3.63, 3.8) is 0 Å². The van der Waals surface area contributed by atoms with Gasteiger partial charge in [-0.2, -0.15) is 0 Å². The van der Waals surface area contributed by atoms with Crippen molar-refractivity contribution in [3.8, 4) is 0 Å². The minimum atomic E-state index is -0.931. The number of hydrogen-bond acceptors (Lipinski definition) is 2. The first-order valence-electron chi connectivity index (χ1n) is 4.68. The van der Waals surface area contributed by atoms with E-state index in [0.29, 0.717) is 17.5 Å². The molecule has 0 aromatic heterocycles. The average Bonchev–Trinajstić information content (AvgIpc) is 2.20. The molecule has 0 saturated carbocycles. The highest BCUT2D eigenvalue weighted by Gasteiger charge is 2.16. The van der Waals surface area contributed by atoms with Crippen LogP contribution in [0, 0.1) is 12.7 Å². The van der Waals surface area contributed by atoms with Gasteiger partial charge in [0, 0.05) is 0 Å². The first kappa shape index (κ1) is 11.1. The van der Waals surface area contributed by atoms with E-state index in [4.69, 9.17) is 0 Å². The molecule has 0 aliphatic heterocycles. The Morgan fingerprint density at radius 2 is 2.00 bits per heavy atom. The molecule has 14 heavy (non-hydrogen) atoms. The van der Waals surface area contributed by atoms with E-state index in [0.717, 1.165) is 0 Å². The molecule has 0 heterocycles. The molecule has 0 saturated heterocycles. The molecule has 1 aromatic carbocycles. The van der Waals surface area contributed by atoms with E-state index in [-0.39, 0.29) is 5.82 Å². The number of rotatable bonds is 3. The summed E-state index contributed by atoms with van der Waals surface area (Å²) in [6.45, 7) is 3.41. The van der Waals surface area contributed by atoms with Crippen LogP contribution in [0.3, 0.4) is 0 Å². The molecule has 78 valence electrons. The lowest BCUT2D eigenvalue weighted by atomic mass is 10.0. The minimum absolute atomic E-state index is 0.299. The third kappa shape index (κ3) is 2.30. The number of aliphatic hydroxyl groups excluding tert-OH is 2. The summed E-state index contributed by atoms with van der Waals surface area (Å²) in [5.74, 6) is -0.299. The quantitative estimate of drug-likeness (QED) is 0.779. The molecule has 0 aliphatic carbocycles. The SMILES string of the molecule is CCC(O)C(O)c1ccc(F)c(C)c1. The van der Waals surface area contributed by atoms with Crippen LogP contribution >= 0.6 is 0 Å². The van der Waals surface area contributed by atoms with Gasteiger partial charge >= 0.3 is 0 Å². The summed E-state index contributed by atoms with van der Waals surface area (Å²) >= 11 is 0. The fraction of sp³-hybridized carbons (Fsp3) is 0.455. The molecule has 1 aromatic rings. The standard InChI is InChI=1S/C11H15FO2/c1-3-10(13)11(14)8-4-5-9(12)7(2)6-8/h4-6,10-11,13-14H,3H2,1-2H3. The van der Waals surface area contributed by atoms with Crippen LogP contribution in [0.5, 0.6) is 0 Å². The van der Waals surface area contributed by atoms with E-state index in [2.05, 4.69) is 0 Å². The lowest BCUT2D eigenvalue weighted by Gasteiger charge is -2.16. The number of halogens is 1. The molecule has 2 unspecified atom stereocenters. The highest BCUT2D eigenvalue weighted by Crippen LogP contribution is 2.20. The van der Waals surface area contributed by atoms with Gasteiger partial charge in [-0.15, -0.1) is 0 Å². The second-order valence-electron chi connectivity index (χ2n) is 3.43. The first-order valence-corrected chi connectivity index (χ1v) is 4.68. The van der Waals surface area contributed by atoms with Crippen LogP contribution < -0.4 is 0 Å². The Bertz CT molecular complexity index is 312. The van der Waals surface area contributed by atoms with Crippen molar-refractivity contribution in [2.75, 3.05) is 0 Å². The summed E-state index contributed by atoms with van der Waals surface area (Å²) in [4.78, 5) is 0. The fourth-order valence-electron chi connectivity index (χ4n) is 1.30. The number of aliphatic hydroxyl groups is 2. The van der Waals surface area contributed by atoms with Crippen molar-refractivity contribution in [1.82, 2.24) is 0 Å². The Balaban J connectivity index is 2.91. The predicted octanol–water partition coefficient (Wildman–Crippen LogP) is 1.94. The van der Waals surface area contributed by atoms with Crippen LogP contribution in [0.4, 0.5) is 4.39 Å². The van der Waals surface area contributed by atoms with Gasteiger partial charge < -0.3 is 10.2 Å². The van der Waals surface area contributed by atoms with Gasteiger partial charge in [-0.1, -0.05) is 19.1 Å². The monoisotopic (exact) mass is 198 g/mol. The van der Waals surface area contributed by atoms with E-state index in [9.17, 15) is 14.6 Å². The largest absolute Gasteiger partial charge is 0.390 e. The van der Waals surface area contributed by atoms with Crippen LogP contribution in [-0.4, -0.2) is 16.3 Å². The summed E-state index contributed by atoms with van der Waals surface area (Å²) in [7, 11) is 0. The Morgan fingerprint density at radius 3 is 2.50 bits per heavy atom. The molecule has 0 aliphatic rings. The van der Waals surface area contributed by atoms with Gasteiger partial charge in [0.25, 0.3) is 0 Å². The van der Waals surface area contributed by atoms with Gasteiger partial charge in [-0.25, -0.2) is 4.39 Å². The third-order valence-electron chi connectivity index (χ3n) is 2.31. The molecule has 1 rings (SSSR count). The molecule has 0 bridgehead atoms. The molecule has 0 amide bonds. The van der Waals surface area contributed by atoms with E-state index >= 15 is 0 Å². The second-order valence-corrected chi connectivity index (χ2v) is 3.43. The van der Waals surface area contributed by atoms with Gasteiger partial charge in [0.2, 0.25) is 0 Å². The minimum Gasteiger partial charge on any atom is -0.390 e. The molecule has 2 N–H and O–H groups in total. The molecule has 0 radical (unpaired) electrons. The highest BCUT2D eigenvalue weighted by atomic mass is 19.1. The highest BCUT2D eigenvalue weighted by molar-refractivity contribution is 5.26. The first-order chi connectivity index (χ1) is 6.56. The van der Waals surface area contributed by atoms with Crippen LogP contribution in [-0.2, 0) is 0 Å². The van der Waals surface area contributed by atoms with Crippen LogP contribution in [0.1, 0.15) is 30.6 Å². The number of aryl methyl sites for hydroxylation is 1. The number of hydrogen-bond donors (Lipinski definition) is 2. The lowest BCUT2D eigenvalue weighted by molar-refractivity contribution is 0.0164. The molecule has 2 nitrogen and oxygen atoms in total. The van der Waals surface area contributed by atoms with Gasteiger partial charge in [0.15, 0.2) is 0 Å². The maximum Gasteiger partial charge on any atom is 0.126 e. The van der Waals surface area contributed by atoms with Gasteiger partial charge in [-0.3, -0.25) is 0 Å². The summed E-state index contributed by atoms with van der Waals surface area (Å²) in [6, 6.07) is 4.35. The zero-order chi connectivity index (χ0) is 10.7. The second kappa shape index (κ2) is 4.53. The lowest BCUT2D eigenvalue weighted by Crippen LogP contribution is -2.17. The maximum absolute atomic E-state index is 12.9. The predicted molar refractivity (Wildman–Crippen MR) is 52.4 cm³/mol. The Hall–Kier alpha value is -0.930. The van der Waals surface area contributed by atoms with Gasteiger partial charge in [0.1, 0.15) is 11.9 Å². The molecular weight excluding hydrogens is 183 g/mol. The molecule has 0 fully saturated rings. The number of benzene rings is 1.